The lowest BCUT2D eigenvalue weighted by Gasteiger charge is -2.22. The monoisotopic (exact) mass is 393 g/mol. The molecule has 0 bridgehead atoms. The standard InChI is InChI=1S/C21H31NO6/c1-22(25-3)21(23)19(28-16-17-10-12-18(24-2)13-11-17)8-4-6-14-26-20-9-5-7-15-27-20/h4,6,10-13,19-20H,5,7-9,14-16H2,1-3H3/b6-4+/t19-,20?/m0/s1. The summed E-state index contributed by atoms with van der Waals surface area (Å²) in [5.41, 5.74) is 0.959. The van der Waals surface area contributed by atoms with Crippen LogP contribution in [-0.2, 0) is 30.4 Å². The largest absolute Gasteiger partial charge is 0.497 e. The molecule has 1 fully saturated rings. The molecule has 1 aromatic rings. The van der Waals surface area contributed by atoms with E-state index in [0.29, 0.717) is 19.6 Å². The second-order valence-corrected chi connectivity index (χ2v) is 6.50. The fourth-order valence-corrected chi connectivity index (χ4v) is 2.74. The molecule has 0 N–H and O–H groups in total. The molecule has 7 nitrogen and oxygen atoms in total. The number of carbonyl (C=O) groups excluding carboxylic acids is 1. The van der Waals surface area contributed by atoms with Gasteiger partial charge in [0.1, 0.15) is 11.9 Å². The highest BCUT2D eigenvalue weighted by molar-refractivity contribution is 5.79. The van der Waals surface area contributed by atoms with Gasteiger partial charge in [-0.15, -0.1) is 0 Å². The molecule has 1 saturated heterocycles. The van der Waals surface area contributed by atoms with Gasteiger partial charge in [-0.2, -0.15) is 0 Å². The quantitative estimate of drug-likeness (QED) is 0.425. The third-order valence-electron chi connectivity index (χ3n) is 4.50. The Labute approximate surface area is 167 Å². The molecule has 1 aromatic carbocycles. The van der Waals surface area contributed by atoms with Crippen molar-refractivity contribution in [2.75, 3.05) is 34.5 Å². The van der Waals surface area contributed by atoms with Crippen molar-refractivity contribution >= 4 is 5.91 Å². The Morgan fingerprint density at radius 2 is 2.04 bits per heavy atom. The molecule has 2 atom stereocenters. The van der Waals surface area contributed by atoms with Crippen LogP contribution in [0.4, 0.5) is 0 Å². The molecule has 1 aliphatic heterocycles. The summed E-state index contributed by atoms with van der Waals surface area (Å²) in [7, 11) is 4.64. The number of hydrogen-bond donors (Lipinski definition) is 0. The summed E-state index contributed by atoms with van der Waals surface area (Å²) >= 11 is 0. The Morgan fingerprint density at radius 1 is 1.25 bits per heavy atom. The molecule has 1 amide bonds. The van der Waals surface area contributed by atoms with Crippen LogP contribution < -0.4 is 4.74 Å². The highest BCUT2D eigenvalue weighted by Crippen LogP contribution is 2.15. The summed E-state index contributed by atoms with van der Waals surface area (Å²) in [6.45, 7) is 1.52. The molecule has 1 aliphatic rings. The van der Waals surface area contributed by atoms with Crippen molar-refractivity contribution in [2.24, 2.45) is 0 Å². The molecule has 0 saturated carbocycles. The van der Waals surface area contributed by atoms with Gasteiger partial charge in [-0.25, -0.2) is 5.06 Å². The molecule has 0 aliphatic carbocycles. The molecule has 1 unspecified atom stereocenters. The molecule has 7 heteroatoms. The second-order valence-electron chi connectivity index (χ2n) is 6.50. The van der Waals surface area contributed by atoms with Crippen LogP contribution in [0.1, 0.15) is 31.2 Å². The summed E-state index contributed by atoms with van der Waals surface area (Å²) in [5.74, 6) is 0.539. The molecule has 1 heterocycles. The van der Waals surface area contributed by atoms with Gasteiger partial charge >= 0.3 is 0 Å². The SMILES string of the molecule is COc1ccc(CO[C@@H](C/C=C/COC2CCCCO2)C(=O)N(C)OC)cc1. The molecular weight excluding hydrogens is 362 g/mol. The van der Waals surface area contributed by atoms with E-state index < -0.39 is 6.10 Å². The first-order valence-corrected chi connectivity index (χ1v) is 9.58. The Bertz CT molecular complexity index is 597. The number of rotatable bonds is 11. The Balaban J connectivity index is 1.83. The highest BCUT2D eigenvalue weighted by atomic mass is 16.7. The van der Waals surface area contributed by atoms with Crippen LogP contribution in [-0.4, -0.2) is 57.8 Å². The van der Waals surface area contributed by atoms with Crippen molar-refractivity contribution in [3.63, 3.8) is 0 Å². The number of hydrogen-bond acceptors (Lipinski definition) is 6. The van der Waals surface area contributed by atoms with E-state index in [-0.39, 0.29) is 12.2 Å². The van der Waals surface area contributed by atoms with Gasteiger partial charge in [-0.1, -0.05) is 24.3 Å². The molecule has 0 radical (unpaired) electrons. The van der Waals surface area contributed by atoms with Gasteiger partial charge in [0.25, 0.3) is 5.91 Å². The van der Waals surface area contributed by atoms with Gasteiger partial charge in [-0.05, 0) is 37.0 Å². The molecule has 28 heavy (non-hydrogen) atoms. The van der Waals surface area contributed by atoms with Crippen molar-refractivity contribution in [3.05, 3.63) is 42.0 Å². The lowest BCUT2D eigenvalue weighted by molar-refractivity contribution is -0.181. The first kappa shape index (κ1) is 22.4. The van der Waals surface area contributed by atoms with E-state index in [0.717, 1.165) is 37.2 Å². The van der Waals surface area contributed by atoms with Gasteiger partial charge in [-0.3, -0.25) is 9.63 Å². The topological polar surface area (TPSA) is 66.5 Å². The predicted molar refractivity (Wildman–Crippen MR) is 105 cm³/mol. The smallest absolute Gasteiger partial charge is 0.275 e. The maximum absolute atomic E-state index is 12.5. The lowest BCUT2D eigenvalue weighted by atomic mass is 10.2. The number of methoxy groups -OCH3 is 1. The minimum atomic E-state index is -0.644. The second kappa shape index (κ2) is 12.5. The Hall–Kier alpha value is -1.93. The van der Waals surface area contributed by atoms with E-state index in [9.17, 15) is 4.79 Å². The van der Waals surface area contributed by atoms with Gasteiger partial charge in [0, 0.05) is 20.1 Å². The van der Waals surface area contributed by atoms with E-state index in [1.54, 1.807) is 14.2 Å². The number of amides is 1. The summed E-state index contributed by atoms with van der Waals surface area (Å²) in [6.07, 6.45) is 6.60. The maximum atomic E-state index is 12.5. The van der Waals surface area contributed by atoms with Crippen LogP contribution in [0.5, 0.6) is 5.75 Å². The zero-order chi connectivity index (χ0) is 20.2. The van der Waals surface area contributed by atoms with Crippen LogP contribution in [0.3, 0.4) is 0 Å². The number of nitrogens with zero attached hydrogens (tertiary/aromatic N) is 1. The summed E-state index contributed by atoms with van der Waals surface area (Å²) in [5, 5.41) is 1.18. The predicted octanol–water partition coefficient (Wildman–Crippen LogP) is 3.09. The van der Waals surface area contributed by atoms with Gasteiger partial charge in [0.15, 0.2) is 6.29 Å². The third-order valence-corrected chi connectivity index (χ3v) is 4.50. The van der Waals surface area contributed by atoms with Crippen molar-refractivity contribution in [1.82, 2.24) is 5.06 Å². The fraction of sp³-hybridized carbons (Fsp3) is 0.571. The van der Waals surface area contributed by atoms with Crippen LogP contribution >= 0.6 is 0 Å². The Kier molecular flexibility index (Phi) is 9.99. The van der Waals surface area contributed by atoms with Crippen molar-refractivity contribution in [3.8, 4) is 5.75 Å². The van der Waals surface area contributed by atoms with Gasteiger partial charge in [0.2, 0.25) is 0 Å². The van der Waals surface area contributed by atoms with Crippen LogP contribution in [0.25, 0.3) is 0 Å². The van der Waals surface area contributed by atoms with Crippen molar-refractivity contribution in [2.45, 2.75) is 44.7 Å². The summed E-state index contributed by atoms with van der Waals surface area (Å²) in [6, 6.07) is 7.55. The fourth-order valence-electron chi connectivity index (χ4n) is 2.74. The molecular formula is C21H31NO6. The minimum absolute atomic E-state index is 0.123. The first-order valence-electron chi connectivity index (χ1n) is 9.58. The molecule has 0 aromatic heterocycles. The van der Waals surface area contributed by atoms with Crippen LogP contribution in [0.2, 0.25) is 0 Å². The number of carbonyl (C=O) groups is 1. The summed E-state index contributed by atoms with van der Waals surface area (Å²) < 4.78 is 22.2. The van der Waals surface area contributed by atoms with Crippen LogP contribution in [0.15, 0.2) is 36.4 Å². The van der Waals surface area contributed by atoms with Crippen molar-refractivity contribution in [1.29, 1.82) is 0 Å². The normalized spacial score (nSPS) is 18.2. The molecule has 2 rings (SSSR count). The number of hydroxylamine groups is 2. The van der Waals surface area contributed by atoms with E-state index in [2.05, 4.69) is 0 Å². The van der Waals surface area contributed by atoms with E-state index in [1.807, 2.05) is 36.4 Å². The third kappa shape index (κ3) is 7.59. The number of benzene rings is 1. The first-order chi connectivity index (χ1) is 13.6. The zero-order valence-corrected chi connectivity index (χ0v) is 17.0. The molecule has 156 valence electrons. The minimum Gasteiger partial charge on any atom is -0.497 e. The van der Waals surface area contributed by atoms with E-state index >= 15 is 0 Å². The van der Waals surface area contributed by atoms with Crippen LogP contribution in [0, 0.1) is 0 Å². The molecule has 0 spiro atoms. The average Bonchev–Trinajstić information content (AvgIpc) is 2.75. The average molecular weight is 393 g/mol. The van der Waals surface area contributed by atoms with Gasteiger partial charge in [0.05, 0.1) is 27.4 Å². The van der Waals surface area contributed by atoms with Gasteiger partial charge < -0.3 is 18.9 Å². The lowest BCUT2D eigenvalue weighted by Crippen LogP contribution is -2.37. The van der Waals surface area contributed by atoms with Crippen molar-refractivity contribution < 1.29 is 28.6 Å². The number of ether oxygens (including phenoxy) is 4. The highest BCUT2D eigenvalue weighted by Gasteiger charge is 2.22. The zero-order valence-electron chi connectivity index (χ0n) is 17.0. The van der Waals surface area contributed by atoms with E-state index in [1.165, 1.54) is 12.2 Å². The maximum Gasteiger partial charge on any atom is 0.275 e. The summed E-state index contributed by atoms with van der Waals surface area (Å²) in [4.78, 5) is 17.5. The Morgan fingerprint density at radius 3 is 2.68 bits per heavy atom. The van der Waals surface area contributed by atoms with E-state index in [4.69, 9.17) is 23.8 Å². The number of likely N-dealkylation sites (N-methyl/N-ethyl adjacent to an activating group) is 1.